The van der Waals surface area contributed by atoms with Gasteiger partial charge in [-0.2, -0.15) is 5.26 Å². The number of halogens is 20. The Hall–Kier alpha value is -4.50. The van der Waals surface area contributed by atoms with E-state index in [1.54, 1.807) is 57.4 Å². The summed E-state index contributed by atoms with van der Waals surface area (Å²) >= 11 is 0. The minimum absolute atomic E-state index is 0. The van der Waals surface area contributed by atoms with Gasteiger partial charge < -0.3 is 19.8 Å². The van der Waals surface area contributed by atoms with Gasteiger partial charge in [-0.3, -0.25) is 0 Å². The van der Waals surface area contributed by atoms with Gasteiger partial charge in [0.1, 0.15) is 52.7 Å². The van der Waals surface area contributed by atoms with Crippen molar-refractivity contribution in [2.45, 2.75) is 224 Å². The molecule has 8 rings (SSSR count). The summed E-state index contributed by atoms with van der Waals surface area (Å²) in [7, 11) is 0.524. The maximum atomic E-state index is 15.4. The molecule has 29 heteroatoms. The monoisotopic (exact) mass is 1450 g/mol. The van der Waals surface area contributed by atoms with Crippen molar-refractivity contribution in [2.75, 3.05) is 0 Å². The first-order valence-corrected chi connectivity index (χ1v) is 32.2. The Morgan fingerprint density at radius 1 is 0.341 bits per heavy atom. The average Bonchev–Trinajstić information content (AvgIpc) is 0.683. The number of carbonyl (C=O) groups is 2. The third-order valence-corrected chi connectivity index (χ3v) is 24.4. The molecule has 4 aliphatic rings. The van der Waals surface area contributed by atoms with Crippen molar-refractivity contribution >= 4 is 55.8 Å². The minimum atomic E-state index is -7.22. The van der Waals surface area contributed by atoms with Crippen molar-refractivity contribution in [1.29, 1.82) is 5.26 Å². The van der Waals surface area contributed by atoms with E-state index >= 15 is 35.1 Å². The molecule has 0 spiro atoms. The molecule has 0 saturated heterocycles. The fraction of sp³-hybridized carbons (Fsp3) is 0.565. The van der Waals surface area contributed by atoms with Gasteiger partial charge in [-0.1, -0.05) is 134 Å². The summed E-state index contributed by atoms with van der Waals surface area (Å²) < 4.78 is 294. The van der Waals surface area contributed by atoms with Crippen LogP contribution < -0.4 is 32.1 Å². The van der Waals surface area contributed by atoms with E-state index in [4.69, 9.17) is 25.1 Å². The van der Waals surface area contributed by atoms with Crippen molar-refractivity contribution < 1.29 is 128 Å². The van der Waals surface area contributed by atoms with Gasteiger partial charge in [-0.05, 0) is 98.2 Å². The quantitative estimate of drug-likeness (QED) is 0.0575. The van der Waals surface area contributed by atoms with Gasteiger partial charge >= 0.3 is 20.4 Å². The third-order valence-electron chi connectivity index (χ3n) is 16.1. The van der Waals surface area contributed by atoms with Gasteiger partial charge in [0.2, 0.25) is 0 Å². The molecule has 0 radical (unpaired) electrons. The topological polar surface area (TPSA) is 104 Å². The van der Waals surface area contributed by atoms with Gasteiger partial charge in [0.05, 0.1) is 6.07 Å². The molecule has 0 aliphatic heterocycles. The number of carboxylic acid groups (broad SMARTS) is 2. The van der Waals surface area contributed by atoms with Crippen LogP contribution in [0.5, 0.6) is 0 Å². The molecule has 4 aromatic rings. The van der Waals surface area contributed by atoms with Crippen LogP contribution >= 0.6 is 15.8 Å². The van der Waals surface area contributed by atoms with Crippen LogP contribution in [0.25, 0.3) is 0 Å². The summed E-state index contributed by atoms with van der Waals surface area (Å²) in [5.41, 5.74) is -9.88. The smallest absolute Gasteiger partial charge is 0.550 e. The average molecular weight is 1450 g/mol. The molecule has 0 atom stereocenters. The first-order chi connectivity index (χ1) is 41.8. The second-order valence-electron chi connectivity index (χ2n) is 24.3. The molecule has 0 unspecified atom stereocenters. The molecular weight excluding hydrogens is 1380 g/mol. The Morgan fingerprint density at radius 2 is 0.451 bits per heavy atom. The van der Waals surface area contributed by atoms with Crippen LogP contribution in [0.2, 0.25) is 0 Å². The van der Waals surface area contributed by atoms with E-state index in [0.717, 1.165) is 36.5 Å². The number of carboxylic acids is 2. The van der Waals surface area contributed by atoms with E-state index in [2.05, 4.69) is 41.5 Å². The number of nitrogens with zero attached hydrogens (tertiary/aromatic N) is 1. The zero-order chi connectivity index (χ0) is 68.8. The summed E-state index contributed by atoms with van der Waals surface area (Å²) in [6.45, 7) is 18.6. The number of hydrogen-bond acceptors (Lipinski definition) is 5. The van der Waals surface area contributed by atoms with Crippen molar-refractivity contribution in [3.05, 3.63) is 116 Å². The zero-order valence-corrected chi connectivity index (χ0v) is 54.7. The molecule has 0 aromatic heterocycles. The first kappa shape index (κ1) is 82.6. The Bertz CT molecular complexity index is 2690. The zero-order valence-electron chi connectivity index (χ0n) is 51.4. The number of benzene rings is 4. The summed E-state index contributed by atoms with van der Waals surface area (Å²) in [5.74, 6) is -73.6. The van der Waals surface area contributed by atoms with E-state index in [1.165, 1.54) is 84.0 Å². The molecule has 4 saturated carbocycles. The second-order valence-corrected chi connectivity index (χ2v) is 31.6. The van der Waals surface area contributed by atoms with Gasteiger partial charge in [0.15, 0.2) is 69.8 Å². The van der Waals surface area contributed by atoms with Crippen molar-refractivity contribution in [2.24, 2.45) is 0 Å². The number of nitriles is 1. The molecule has 512 valence electrons. The summed E-state index contributed by atoms with van der Waals surface area (Å²) in [4.78, 5) is 17.8. The summed E-state index contributed by atoms with van der Waals surface area (Å²) in [5, 5.41) is 26.3. The number of aliphatic carboxylic acids is 2. The van der Waals surface area contributed by atoms with E-state index < -0.39 is 156 Å². The largest absolute Gasteiger partial charge is 2.00 e. The van der Waals surface area contributed by atoms with Crippen molar-refractivity contribution in [3.63, 3.8) is 0 Å². The number of rotatable bonds is 8. The maximum Gasteiger partial charge on any atom is 2.00 e. The van der Waals surface area contributed by atoms with Crippen LogP contribution in [0.3, 0.4) is 0 Å². The van der Waals surface area contributed by atoms with Crippen LogP contribution in [0.4, 0.5) is 87.8 Å². The summed E-state index contributed by atoms with van der Waals surface area (Å²) in [6.07, 6.45) is 23.4. The molecule has 5 nitrogen and oxygen atoms in total. The van der Waals surface area contributed by atoms with E-state index in [1.807, 2.05) is 0 Å². The minimum Gasteiger partial charge on any atom is -0.550 e. The Labute approximate surface area is 533 Å². The van der Waals surface area contributed by atoms with Crippen molar-refractivity contribution in [3.8, 4) is 6.07 Å². The first-order valence-electron chi connectivity index (χ1n) is 29.2. The standard InChI is InChI=1S/C24BF20.2C16H31P.C2H3N.2C2H4O2.Pd/c26-5-1(6(27)14(35)21(42)13(5)34)25(2-7(28)15(36)22(43)16(37)8(2)29,3-9(30)17(38)23(44)18(39)10(3)31)4-11(32)19(40)24(45)20(41)12(4)33;2*1-16(2,3)17(14-10-6-4-7-11-14)15-12-8-5-9-13-15;1-2-3;2*1-2(3)4;/h;2*14-15H,4-13H2,1-3H3;1H3;2*1H3,(H,3,4);/q-1;;;;;;+2/p-2. The predicted octanol–water partition coefficient (Wildman–Crippen LogP) is 15.8. The fourth-order valence-electron chi connectivity index (χ4n) is 13.1. The Morgan fingerprint density at radius 3 is 0.560 bits per heavy atom. The van der Waals surface area contributed by atoms with Gasteiger partial charge in [-0.25, -0.2) is 87.8 Å². The van der Waals surface area contributed by atoms with Crippen LogP contribution in [-0.2, 0) is 30.0 Å². The van der Waals surface area contributed by atoms with Gasteiger partial charge in [0.25, 0.3) is 0 Å². The van der Waals surface area contributed by atoms with Gasteiger partial charge in [-0.15, -0.1) is 21.9 Å². The van der Waals surface area contributed by atoms with E-state index in [0.29, 0.717) is 10.3 Å². The molecular formula is C62H71BF20NO4P2Pd-. The molecule has 0 amide bonds. The van der Waals surface area contributed by atoms with Crippen LogP contribution in [-0.4, -0.2) is 51.0 Å². The predicted molar refractivity (Wildman–Crippen MR) is 303 cm³/mol. The van der Waals surface area contributed by atoms with E-state index in [-0.39, 0.29) is 36.3 Å². The number of hydrogen-bond donors (Lipinski definition) is 0. The summed E-state index contributed by atoms with van der Waals surface area (Å²) in [6, 6.07) is 1.75. The van der Waals surface area contributed by atoms with Crippen molar-refractivity contribution in [1.82, 2.24) is 0 Å². The SMILES string of the molecule is CC#N.CC(=O)[O-].CC(=O)[O-].CC(C)(C)P(C1CCCCC1)C1CCCCC1.CC(C)(C)P(C1CCCCC1)C1CCCCC1.Fc1c(F)c(F)c([B-](c2c(F)c(F)c(F)c(F)c2F)(c2c(F)c(F)c(F)c(F)c2F)c2c(F)c(F)c(F)c(F)c2F)c(F)c1F.[Pd+2]. The second kappa shape index (κ2) is 35.8. The molecule has 0 heterocycles. The van der Waals surface area contributed by atoms with Gasteiger partial charge in [0, 0.05) is 18.9 Å². The normalized spacial score (nSPS) is 16.1. The van der Waals surface area contributed by atoms with E-state index in [9.17, 15) is 52.7 Å². The molecule has 4 aliphatic carbocycles. The Kier molecular flexibility index (Phi) is 32.5. The molecule has 0 bridgehead atoms. The molecule has 4 aromatic carbocycles. The van der Waals surface area contributed by atoms with Crippen LogP contribution in [0.1, 0.15) is 191 Å². The maximum absolute atomic E-state index is 15.4. The third kappa shape index (κ3) is 19.4. The molecule has 4 fully saturated rings. The molecule has 0 N–H and O–H groups in total. The van der Waals surface area contributed by atoms with Crippen LogP contribution in [0, 0.1) is 128 Å². The molecule has 91 heavy (non-hydrogen) atoms. The number of carbonyl (C=O) groups excluding carboxylic acids is 2. The van der Waals surface area contributed by atoms with Crippen LogP contribution in [0.15, 0.2) is 0 Å². The fourth-order valence-corrected chi connectivity index (χ4v) is 22.4. The Balaban J connectivity index is 0.000000497.